The Morgan fingerprint density at radius 3 is 2.44 bits per heavy atom. The predicted octanol–water partition coefficient (Wildman–Crippen LogP) is 1.35. The summed E-state index contributed by atoms with van der Waals surface area (Å²) in [5, 5.41) is 60.2. The molecule has 9 nitrogen and oxygen atoms in total. The molecule has 0 aromatic rings. The van der Waals surface area contributed by atoms with Crippen LogP contribution in [0.3, 0.4) is 0 Å². The zero-order chi connectivity index (χ0) is 24.9. The lowest BCUT2D eigenvalue weighted by molar-refractivity contribution is -0.355. The Labute approximate surface area is 201 Å². The Kier molecular flexibility index (Phi) is 7.53. The van der Waals surface area contributed by atoms with Crippen LogP contribution in [0.15, 0.2) is 11.6 Å². The van der Waals surface area contributed by atoms with E-state index in [0.29, 0.717) is 12.8 Å². The zero-order valence-electron chi connectivity index (χ0n) is 20.5. The SMILES string of the molecule is C[C@@]1(CCO[C@@H]2O[C@@H](CO)[C@H](O)[C@@H](O)[C@H]2O)C=C2[C@H](O)C[C@@H]3[C@](C)(CCC[C@@]3(C)OO)[C@H]2CC1. The molecule has 0 aromatic heterocycles. The minimum atomic E-state index is -1.46. The van der Waals surface area contributed by atoms with Crippen LogP contribution < -0.4 is 0 Å². The van der Waals surface area contributed by atoms with Crippen LogP contribution in [0.2, 0.25) is 0 Å². The van der Waals surface area contributed by atoms with Gasteiger partial charge in [-0.3, -0.25) is 5.26 Å². The molecule has 0 radical (unpaired) electrons. The average molecular weight is 487 g/mol. The smallest absolute Gasteiger partial charge is 0.186 e. The highest BCUT2D eigenvalue weighted by atomic mass is 17.1. The number of hydrogen-bond donors (Lipinski definition) is 6. The highest BCUT2D eigenvalue weighted by Gasteiger charge is 2.59. The Morgan fingerprint density at radius 1 is 1.03 bits per heavy atom. The molecule has 34 heavy (non-hydrogen) atoms. The summed E-state index contributed by atoms with van der Waals surface area (Å²) in [6, 6.07) is 0. The summed E-state index contributed by atoms with van der Waals surface area (Å²) in [6.07, 6.45) is 1.05. The van der Waals surface area contributed by atoms with Gasteiger partial charge in [0.05, 0.1) is 19.3 Å². The Hall–Kier alpha value is -0.620. The third-order valence-corrected chi connectivity index (χ3v) is 9.50. The van der Waals surface area contributed by atoms with E-state index in [1.165, 1.54) is 0 Å². The number of allylic oxidation sites excluding steroid dienone is 1. The van der Waals surface area contributed by atoms with Crippen molar-refractivity contribution in [2.45, 2.75) is 108 Å². The summed E-state index contributed by atoms with van der Waals surface area (Å²) in [4.78, 5) is 5.00. The van der Waals surface area contributed by atoms with Gasteiger partial charge >= 0.3 is 0 Å². The van der Waals surface area contributed by atoms with E-state index in [2.05, 4.69) is 19.9 Å². The van der Waals surface area contributed by atoms with Gasteiger partial charge in [-0.1, -0.05) is 19.9 Å². The fourth-order valence-corrected chi connectivity index (χ4v) is 7.34. The number of fused-ring (bicyclic) bond motifs is 3. The summed E-state index contributed by atoms with van der Waals surface area (Å²) < 4.78 is 11.2. The first-order valence-electron chi connectivity index (χ1n) is 12.6. The molecule has 1 saturated heterocycles. The molecule has 6 N–H and O–H groups in total. The van der Waals surface area contributed by atoms with E-state index < -0.39 is 49.0 Å². The quantitative estimate of drug-likeness (QED) is 0.186. The molecule has 9 heteroatoms. The lowest BCUT2D eigenvalue weighted by Crippen LogP contribution is -2.59. The third kappa shape index (κ3) is 4.48. The first-order chi connectivity index (χ1) is 16.0. The zero-order valence-corrected chi connectivity index (χ0v) is 20.5. The van der Waals surface area contributed by atoms with Gasteiger partial charge in [-0.05, 0) is 80.1 Å². The van der Waals surface area contributed by atoms with E-state index in [9.17, 15) is 30.8 Å². The van der Waals surface area contributed by atoms with E-state index in [1.54, 1.807) is 0 Å². The molecule has 0 bridgehead atoms. The maximum Gasteiger partial charge on any atom is 0.186 e. The van der Waals surface area contributed by atoms with Gasteiger partial charge in [0.2, 0.25) is 0 Å². The Balaban J connectivity index is 1.44. The summed E-state index contributed by atoms with van der Waals surface area (Å²) in [5.74, 6) is 0.310. The second-order valence-corrected chi connectivity index (χ2v) is 11.8. The normalized spacial score (nSPS) is 51.4. The van der Waals surface area contributed by atoms with Gasteiger partial charge in [0.25, 0.3) is 0 Å². The monoisotopic (exact) mass is 486 g/mol. The number of aliphatic hydroxyl groups excluding tert-OH is 5. The molecule has 3 aliphatic carbocycles. The van der Waals surface area contributed by atoms with Crippen molar-refractivity contribution >= 4 is 0 Å². The number of hydrogen-bond acceptors (Lipinski definition) is 9. The highest BCUT2D eigenvalue weighted by molar-refractivity contribution is 5.28. The van der Waals surface area contributed by atoms with Crippen LogP contribution in [0.4, 0.5) is 0 Å². The molecule has 11 atom stereocenters. The van der Waals surface area contributed by atoms with Crippen molar-refractivity contribution in [1.82, 2.24) is 0 Å². The highest BCUT2D eigenvalue weighted by Crippen LogP contribution is 2.62. The minimum Gasteiger partial charge on any atom is -0.394 e. The molecular formula is C25H42O9. The van der Waals surface area contributed by atoms with Crippen LogP contribution in [0.25, 0.3) is 0 Å². The van der Waals surface area contributed by atoms with E-state index in [1.807, 2.05) is 6.92 Å². The van der Waals surface area contributed by atoms with Crippen LogP contribution in [0.1, 0.15) is 65.7 Å². The van der Waals surface area contributed by atoms with Crippen LogP contribution in [-0.2, 0) is 14.4 Å². The van der Waals surface area contributed by atoms with Crippen molar-refractivity contribution < 1.29 is 45.2 Å². The van der Waals surface area contributed by atoms with Crippen LogP contribution in [-0.4, -0.2) is 86.4 Å². The first-order valence-corrected chi connectivity index (χ1v) is 12.6. The van der Waals surface area contributed by atoms with Gasteiger partial charge in [0.1, 0.15) is 30.0 Å². The molecule has 1 heterocycles. The van der Waals surface area contributed by atoms with E-state index in [-0.39, 0.29) is 29.3 Å². The molecule has 3 fully saturated rings. The summed E-state index contributed by atoms with van der Waals surface area (Å²) in [7, 11) is 0. The molecule has 4 rings (SSSR count). The Bertz CT molecular complexity index is 759. The van der Waals surface area contributed by atoms with Crippen LogP contribution in [0.5, 0.6) is 0 Å². The summed E-state index contributed by atoms with van der Waals surface area (Å²) in [5.41, 5.74) is 0.173. The van der Waals surface area contributed by atoms with Crippen molar-refractivity contribution in [3.63, 3.8) is 0 Å². The lowest BCUT2D eigenvalue weighted by Gasteiger charge is -2.60. The number of ether oxygens (including phenoxy) is 2. The second kappa shape index (κ2) is 9.68. The van der Waals surface area contributed by atoms with Gasteiger partial charge < -0.3 is 35.0 Å². The molecule has 0 spiro atoms. The maximum atomic E-state index is 11.1. The summed E-state index contributed by atoms with van der Waals surface area (Å²) >= 11 is 0. The second-order valence-electron chi connectivity index (χ2n) is 11.8. The molecule has 0 amide bonds. The summed E-state index contributed by atoms with van der Waals surface area (Å²) in [6.45, 7) is 6.13. The van der Waals surface area contributed by atoms with Crippen molar-refractivity contribution in [2.24, 2.45) is 22.7 Å². The van der Waals surface area contributed by atoms with Crippen LogP contribution in [0, 0.1) is 22.7 Å². The van der Waals surface area contributed by atoms with Gasteiger partial charge in [0.15, 0.2) is 6.29 Å². The van der Waals surface area contributed by atoms with Gasteiger partial charge in [-0.2, -0.15) is 0 Å². The van der Waals surface area contributed by atoms with Gasteiger partial charge in [-0.15, -0.1) is 0 Å². The minimum absolute atomic E-state index is 0.0467. The van der Waals surface area contributed by atoms with Crippen molar-refractivity contribution in [3.05, 3.63) is 11.6 Å². The van der Waals surface area contributed by atoms with Gasteiger partial charge in [0, 0.05) is 0 Å². The molecule has 0 aromatic carbocycles. The van der Waals surface area contributed by atoms with E-state index in [0.717, 1.165) is 37.7 Å². The third-order valence-electron chi connectivity index (χ3n) is 9.50. The van der Waals surface area contributed by atoms with Crippen molar-refractivity contribution in [1.29, 1.82) is 0 Å². The number of rotatable bonds is 6. The average Bonchev–Trinajstić information content (AvgIpc) is 2.80. The molecular weight excluding hydrogens is 444 g/mol. The Morgan fingerprint density at radius 2 is 1.76 bits per heavy atom. The largest absolute Gasteiger partial charge is 0.394 e. The lowest BCUT2D eigenvalue weighted by atomic mass is 9.47. The molecule has 2 saturated carbocycles. The maximum absolute atomic E-state index is 11.1. The topological polar surface area (TPSA) is 149 Å². The van der Waals surface area contributed by atoms with E-state index in [4.69, 9.17) is 14.4 Å². The van der Waals surface area contributed by atoms with Crippen LogP contribution >= 0.6 is 0 Å². The number of aliphatic hydroxyl groups is 5. The first kappa shape index (κ1) is 26.4. The van der Waals surface area contributed by atoms with E-state index >= 15 is 0 Å². The fourth-order valence-electron chi connectivity index (χ4n) is 7.34. The fraction of sp³-hybridized carbons (Fsp3) is 0.920. The standard InChI is InChI=1S/C25H42O9/c1-23(9-10-32-22-21(30)20(29)19(28)17(13-26)33-22)8-5-15-14(12-23)16(27)11-18-24(15,2)6-4-7-25(18,3)34-31/h12,15-22,26-31H,4-11,13H2,1-3H3/t15-,16+,17-,18+,19-,20+,21+,22+,23+,24+,25+/m0/s1. The predicted molar refractivity (Wildman–Crippen MR) is 121 cm³/mol. The van der Waals surface area contributed by atoms with Crippen molar-refractivity contribution in [3.8, 4) is 0 Å². The van der Waals surface area contributed by atoms with Gasteiger partial charge in [-0.25, -0.2) is 4.89 Å². The molecule has 0 unspecified atom stereocenters. The molecule has 4 aliphatic rings. The van der Waals surface area contributed by atoms with Crippen molar-refractivity contribution in [2.75, 3.05) is 13.2 Å². The molecule has 1 aliphatic heterocycles. The molecule has 196 valence electrons.